The van der Waals surface area contributed by atoms with Gasteiger partial charge >= 0.3 is 12.1 Å². The number of nitrogens with zero attached hydrogens (tertiary/aromatic N) is 2. The van der Waals surface area contributed by atoms with Gasteiger partial charge in [0, 0.05) is 31.6 Å². The number of rotatable bonds is 11. The summed E-state index contributed by atoms with van der Waals surface area (Å²) >= 11 is 0. The number of ether oxygens (including phenoxy) is 1. The summed E-state index contributed by atoms with van der Waals surface area (Å²) in [5, 5.41) is 12.9. The summed E-state index contributed by atoms with van der Waals surface area (Å²) < 4.78 is 5.71. The highest BCUT2D eigenvalue weighted by molar-refractivity contribution is 5.86. The molecule has 0 radical (unpaired) electrons. The molecule has 0 aromatic heterocycles. The Morgan fingerprint density at radius 2 is 1.48 bits per heavy atom. The molecule has 8 heteroatoms. The van der Waals surface area contributed by atoms with Crippen LogP contribution in [0.2, 0.25) is 0 Å². The molecule has 0 unspecified atom stereocenters. The summed E-state index contributed by atoms with van der Waals surface area (Å²) in [6, 6.07) is 8.65. The Balaban J connectivity index is 3.45. The van der Waals surface area contributed by atoms with E-state index in [9.17, 15) is 19.5 Å². The zero-order valence-electron chi connectivity index (χ0n) is 27.0. The lowest BCUT2D eigenvalue weighted by atomic mass is 9.76. The molecule has 0 aliphatic rings. The first-order valence-electron chi connectivity index (χ1n) is 14.0. The number of benzene rings is 1. The number of amides is 2. The summed E-state index contributed by atoms with van der Waals surface area (Å²) in [7, 11) is 3.46. The average Bonchev–Trinajstić information content (AvgIpc) is 2.82. The predicted molar refractivity (Wildman–Crippen MR) is 161 cm³/mol. The molecule has 1 aromatic rings. The predicted octanol–water partition coefficient (Wildman–Crippen LogP) is 5.72. The summed E-state index contributed by atoms with van der Waals surface area (Å²) in [5.74, 6) is -1.14. The maximum absolute atomic E-state index is 14.0. The van der Waals surface area contributed by atoms with Crippen LogP contribution in [0, 0.1) is 11.3 Å². The Bertz CT molecular complexity index is 1030. The zero-order valence-corrected chi connectivity index (χ0v) is 27.0. The molecule has 3 atom stereocenters. The highest BCUT2D eigenvalue weighted by Gasteiger charge is 2.41. The first-order valence-corrected chi connectivity index (χ1v) is 14.0. The van der Waals surface area contributed by atoms with Crippen molar-refractivity contribution in [1.82, 2.24) is 15.1 Å². The third-order valence-corrected chi connectivity index (χ3v) is 7.36. The lowest BCUT2D eigenvalue weighted by Gasteiger charge is -2.43. The number of likely N-dealkylation sites (N-methyl/N-ethyl adjacent to an activating group) is 2. The minimum atomic E-state index is -1.01. The van der Waals surface area contributed by atoms with Crippen molar-refractivity contribution in [3.63, 3.8) is 0 Å². The number of hydrogen-bond donors (Lipinski definition) is 2. The standard InChI is InChI=1S/C32H53N3O5/c1-21(2)24(19-22(3)28(37)38)34(12)27(36)26(30(4,5)6)33-20-25(35(13)29(39)40-31(7,8)9)32(10,11)23-17-15-14-16-18-23/h14-19,21,24-26,33H,20H2,1-13H3,(H,37,38)/b22-19+/t24-,25+,26-/m1/s1. The van der Waals surface area contributed by atoms with Gasteiger partial charge in [-0.05, 0) is 44.6 Å². The van der Waals surface area contributed by atoms with Crippen molar-refractivity contribution in [1.29, 1.82) is 0 Å². The normalized spacial score (nSPS) is 15.3. The molecule has 0 saturated carbocycles. The first-order chi connectivity index (χ1) is 18.1. The van der Waals surface area contributed by atoms with Gasteiger partial charge in [-0.15, -0.1) is 0 Å². The third-order valence-electron chi connectivity index (χ3n) is 7.36. The van der Waals surface area contributed by atoms with Crippen molar-refractivity contribution in [2.45, 2.75) is 105 Å². The van der Waals surface area contributed by atoms with Gasteiger partial charge in [-0.25, -0.2) is 9.59 Å². The fraction of sp³-hybridized carbons (Fsp3) is 0.656. The second-order valence-corrected chi connectivity index (χ2v) is 13.7. The molecule has 1 rings (SSSR count). The first kappa shape index (κ1) is 35.2. The number of carboxylic acids is 1. The van der Waals surface area contributed by atoms with Crippen LogP contribution in [0.5, 0.6) is 0 Å². The SMILES string of the molecule is C/C(=C\[C@H](C(C)C)N(C)C(=O)[C@@H](NC[C@H](N(C)C(=O)OC(C)(C)C)C(C)(C)c1ccccc1)C(C)(C)C)C(=O)O. The second-order valence-electron chi connectivity index (χ2n) is 13.7. The van der Waals surface area contributed by atoms with Gasteiger partial charge in [-0.2, -0.15) is 0 Å². The average molecular weight is 560 g/mol. The summed E-state index contributed by atoms with van der Waals surface area (Å²) in [4.78, 5) is 42.0. The molecule has 0 fully saturated rings. The smallest absolute Gasteiger partial charge is 0.410 e. The van der Waals surface area contributed by atoms with Gasteiger partial charge in [0.05, 0.1) is 18.1 Å². The van der Waals surface area contributed by atoms with Gasteiger partial charge in [-0.3, -0.25) is 4.79 Å². The van der Waals surface area contributed by atoms with Gasteiger partial charge in [0.15, 0.2) is 0 Å². The van der Waals surface area contributed by atoms with Crippen LogP contribution in [-0.4, -0.2) is 77.2 Å². The lowest BCUT2D eigenvalue weighted by Crippen LogP contribution is -2.60. The Hall–Kier alpha value is -2.87. The van der Waals surface area contributed by atoms with Crippen molar-refractivity contribution in [3.8, 4) is 0 Å². The van der Waals surface area contributed by atoms with E-state index in [1.807, 2.05) is 85.7 Å². The van der Waals surface area contributed by atoms with Crippen molar-refractivity contribution < 1.29 is 24.2 Å². The van der Waals surface area contributed by atoms with E-state index in [1.54, 1.807) is 30.0 Å². The van der Waals surface area contributed by atoms with E-state index in [2.05, 4.69) is 19.2 Å². The number of carboxylic acid groups (broad SMARTS) is 1. The molecule has 226 valence electrons. The van der Waals surface area contributed by atoms with Crippen LogP contribution in [-0.2, 0) is 19.7 Å². The van der Waals surface area contributed by atoms with Crippen LogP contribution in [0.3, 0.4) is 0 Å². The van der Waals surface area contributed by atoms with Gasteiger partial charge in [0.2, 0.25) is 5.91 Å². The van der Waals surface area contributed by atoms with Crippen LogP contribution >= 0.6 is 0 Å². The zero-order chi connectivity index (χ0) is 31.2. The Kier molecular flexibility index (Phi) is 12.0. The van der Waals surface area contributed by atoms with Gasteiger partial charge < -0.3 is 25.0 Å². The lowest BCUT2D eigenvalue weighted by molar-refractivity contribution is -0.137. The minimum absolute atomic E-state index is 0.00642. The largest absolute Gasteiger partial charge is 0.478 e. The van der Waals surface area contributed by atoms with Crippen molar-refractivity contribution in [3.05, 3.63) is 47.5 Å². The molecule has 0 saturated heterocycles. The monoisotopic (exact) mass is 559 g/mol. The van der Waals surface area contributed by atoms with Crippen LogP contribution in [0.1, 0.15) is 81.7 Å². The molecule has 2 N–H and O–H groups in total. The maximum atomic E-state index is 14.0. The maximum Gasteiger partial charge on any atom is 0.410 e. The molecular formula is C32H53N3O5. The second kappa shape index (κ2) is 13.7. The molecule has 0 aliphatic carbocycles. The highest BCUT2D eigenvalue weighted by Crippen LogP contribution is 2.32. The number of hydrogen-bond acceptors (Lipinski definition) is 5. The Morgan fingerprint density at radius 3 is 1.90 bits per heavy atom. The molecular weight excluding hydrogens is 506 g/mol. The van der Waals surface area contributed by atoms with E-state index in [1.165, 1.54) is 6.92 Å². The minimum Gasteiger partial charge on any atom is -0.478 e. The van der Waals surface area contributed by atoms with Gasteiger partial charge in [0.25, 0.3) is 0 Å². The van der Waals surface area contributed by atoms with Crippen LogP contribution in [0.25, 0.3) is 0 Å². The topological polar surface area (TPSA) is 99.2 Å². The fourth-order valence-corrected chi connectivity index (χ4v) is 4.82. The molecule has 0 spiro atoms. The number of nitrogens with one attached hydrogen (secondary N) is 1. The molecule has 8 nitrogen and oxygen atoms in total. The molecule has 0 aliphatic heterocycles. The van der Waals surface area contributed by atoms with Crippen LogP contribution in [0.15, 0.2) is 42.0 Å². The van der Waals surface area contributed by atoms with E-state index in [0.29, 0.717) is 6.54 Å². The van der Waals surface area contributed by atoms with E-state index in [0.717, 1.165) is 5.56 Å². The summed E-state index contributed by atoms with van der Waals surface area (Å²) in [6.45, 7) is 21.5. The molecule has 40 heavy (non-hydrogen) atoms. The molecule has 0 heterocycles. The van der Waals surface area contributed by atoms with Crippen molar-refractivity contribution in [2.24, 2.45) is 11.3 Å². The number of aliphatic carboxylic acids is 1. The fourth-order valence-electron chi connectivity index (χ4n) is 4.82. The van der Waals surface area contributed by atoms with Gasteiger partial charge in [0.1, 0.15) is 5.60 Å². The van der Waals surface area contributed by atoms with Crippen molar-refractivity contribution in [2.75, 3.05) is 20.6 Å². The summed E-state index contributed by atoms with van der Waals surface area (Å²) in [6.07, 6.45) is 1.20. The summed E-state index contributed by atoms with van der Waals surface area (Å²) in [5.41, 5.74) is -0.353. The number of carbonyl (C=O) groups excluding carboxylic acids is 2. The molecule has 1 aromatic carbocycles. The Labute approximate surface area is 242 Å². The van der Waals surface area contributed by atoms with E-state index >= 15 is 0 Å². The Morgan fingerprint density at radius 1 is 0.950 bits per heavy atom. The quantitative estimate of drug-likeness (QED) is 0.337. The highest BCUT2D eigenvalue weighted by atomic mass is 16.6. The molecule has 2 amide bonds. The van der Waals surface area contributed by atoms with E-state index < -0.39 is 40.6 Å². The van der Waals surface area contributed by atoms with E-state index in [-0.39, 0.29) is 23.4 Å². The number of carbonyl (C=O) groups is 3. The van der Waals surface area contributed by atoms with Crippen LogP contribution in [0.4, 0.5) is 4.79 Å². The van der Waals surface area contributed by atoms with Gasteiger partial charge in [-0.1, -0.05) is 84.9 Å². The van der Waals surface area contributed by atoms with E-state index in [4.69, 9.17) is 4.74 Å². The van der Waals surface area contributed by atoms with Crippen molar-refractivity contribution >= 4 is 18.0 Å². The third kappa shape index (κ3) is 9.65. The van der Waals surface area contributed by atoms with Crippen LogP contribution < -0.4 is 5.32 Å². The molecule has 0 bridgehead atoms.